The minimum absolute atomic E-state index is 0. The fraction of sp³-hybridized carbons (Fsp3) is 1.00. The van der Waals surface area contributed by atoms with Gasteiger partial charge in [0.15, 0.2) is 0 Å². The van der Waals surface area contributed by atoms with Gasteiger partial charge < -0.3 is 11.5 Å². The van der Waals surface area contributed by atoms with Gasteiger partial charge in [-0.15, -0.1) is 48.0 Å². The summed E-state index contributed by atoms with van der Waals surface area (Å²) >= 11 is 0. The lowest BCUT2D eigenvalue weighted by atomic mass is 9.76. The first-order valence-corrected chi connectivity index (χ1v) is 6.75. The van der Waals surface area contributed by atoms with E-state index in [0.29, 0.717) is 12.1 Å². The lowest BCUT2D eigenvalue weighted by Crippen LogP contribution is -2.30. The topological polar surface area (TPSA) is 52.0 Å². The minimum atomic E-state index is 0. The summed E-state index contributed by atoms with van der Waals surface area (Å²) in [6, 6.07) is 1.00. The van der Waals surface area contributed by atoms with Crippen molar-refractivity contribution in [3.63, 3.8) is 0 Å². The van der Waals surface area contributed by atoms with Crippen LogP contribution in [0.25, 0.3) is 0 Å². The zero-order chi connectivity index (χ0) is 10.7. The van der Waals surface area contributed by atoms with E-state index in [1.807, 2.05) is 0 Å². The van der Waals surface area contributed by atoms with Gasteiger partial charge in [0.1, 0.15) is 0 Å². The van der Waals surface area contributed by atoms with Gasteiger partial charge in [0, 0.05) is 12.1 Å². The molecule has 0 radical (unpaired) electrons. The normalized spacial score (nSPS) is 37.8. The van der Waals surface area contributed by atoms with Crippen molar-refractivity contribution in [2.75, 3.05) is 0 Å². The molecule has 4 N–H and O–H groups in total. The molecule has 2 nitrogen and oxygen atoms in total. The van der Waals surface area contributed by atoms with Gasteiger partial charge in [0.25, 0.3) is 0 Å². The smallest absolute Gasteiger partial charge is 0.00390 e. The van der Waals surface area contributed by atoms with E-state index in [1.54, 1.807) is 0 Å². The zero-order valence-corrected chi connectivity index (χ0v) is 15.3. The summed E-state index contributed by atoms with van der Waals surface area (Å²) in [5, 5.41) is 0. The molecule has 2 saturated carbocycles. The molecular formula is C13H28I2N2. The molecule has 2 aliphatic rings. The minimum Gasteiger partial charge on any atom is -0.328 e. The van der Waals surface area contributed by atoms with E-state index in [-0.39, 0.29) is 48.0 Å². The third-order valence-corrected chi connectivity index (χ3v) is 4.45. The molecule has 0 aliphatic heterocycles. The molecule has 0 aromatic heterocycles. The van der Waals surface area contributed by atoms with E-state index in [1.165, 1.54) is 57.8 Å². The summed E-state index contributed by atoms with van der Waals surface area (Å²) < 4.78 is 0. The van der Waals surface area contributed by atoms with Crippen LogP contribution in [0.3, 0.4) is 0 Å². The first-order valence-electron chi connectivity index (χ1n) is 6.75. The van der Waals surface area contributed by atoms with Crippen molar-refractivity contribution in [2.45, 2.75) is 69.9 Å². The van der Waals surface area contributed by atoms with Gasteiger partial charge in [-0.3, -0.25) is 0 Å². The van der Waals surface area contributed by atoms with Crippen LogP contribution in [0, 0.1) is 11.8 Å². The van der Waals surface area contributed by atoms with Gasteiger partial charge in [-0.1, -0.05) is 0 Å². The molecule has 0 spiro atoms. The molecule has 2 fully saturated rings. The summed E-state index contributed by atoms with van der Waals surface area (Å²) in [4.78, 5) is 0. The maximum Gasteiger partial charge on any atom is 0.00390 e. The molecule has 0 amide bonds. The Kier molecular flexibility index (Phi) is 10.1. The fourth-order valence-corrected chi connectivity index (χ4v) is 3.32. The molecule has 2 aliphatic carbocycles. The number of halogens is 2. The quantitative estimate of drug-likeness (QED) is 0.611. The molecule has 0 heterocycles. The van der Waals surface area contributed by atoms with Crippen LogP contribution in [0.1, 0.15) is 57.8 Å². The summed E-state index contributed by atoms with van der Waals surface area (Å²) in [6.07, 6.45) is 12.0. The molecule has 0 aromatic rings. The maximum atomic E-state index is 5.93. The predicted octanol–water partition coefficient (Wildman–Crippen LogP) is 3.65. The van der Waals surface area contributed by atoms with Crippen LogP contribution >= 0.6 is 48.0 Å². The number of rotatable bonds is 2. The van der Waals surface area contributed by atoms with E-state index < -0.39 is 0 Å². The van der Waals surface area contributed by atoms with Gasteiger partial charge in [-0.05, 0) is 69.6 Å². The van der Waals surface area contributed by atoms with Crippen LogP contribution in [0.2, 0.25) is 0 Å². The molecule has 104 valence electrons. The summed E-state index contributed by atoms with van der Waals surface area (Å²) in [5.74, 6) is 1.95. The summed E-state index contributed by atoms with van der Waals surface area (Å²) in [5.41, 5.74) is 11.9. The van der Waals surface area contributed by atoms with Crippen molar-refractivity contribution in [2.24, 2.45) is 23.3 Å². The average molecular weight is 466 g/mol. The third kappa shape index (κ3) is 6.38. The van der Waals surface area contributed by atoms with Crippen LogP contribution in [-0.2, 0) is 0 Å². The zero-order valence-electron chi connectivity index (χ0n) is 10.6. The van der Waals surface area contributed by atoms with Gasteiger partial charge in [-0.25, -0.2) is 0 Å². The van der Waals surface area contributed by atoms with Gasteiger partial charge in [-0.2, -0.15) is 0 Å². The van der Waals surface area contributed by atoms with E-state index in [2.05, 4.69) is 0 Å². The molecule has 0 unspecified atom stereocenters. The Morgan fingerprint density at radius 1 is 0.588 bits per heavy atom. The second-order valence-corrected chi connectivity index (χ2v) is 5.80. The van der Waals surface area contributed by atoms with Crippen molar-refractivity contribution >= 4 is 48.0 Å². The largest absolute Gasteiger partial charge is 0.328 e. The van der Waals surface area contributed by atoms with Crippen molar-refractivity contribution in [3.8, 4) is 0 Å². The maximum absolute atomic E-state index is 5.93. The monoisotopic (exact) mass is 466 g/mol. The van der Waals surface area contributed by atoms with Crippen LogP contribution < -0.4 is 11.5 Å². The molecule has 0 saturated heterocycles. The van der Waals surface area contributed by atoms with Gasteiger partial charge >= 0.3 is 0 Å². The highest BCUT2D eigenvalue weighted by atomic mass is 127. The summed E-state index contributed by atoms with van der Waals surface area (Å²) in [6.45, 7) is 0. The Morgan fingerprint density at radius 2 is 0.882 bits per heavy atom. The standard InChI is InChI=1S/C13H26N2.2HI/c14-12-5-1-10(2-6-12)9-11-3-7-13(15)8-4-11;;/h10-13H,1-9,14-15H2;2*1H. The molecule has 0 aromatic carbocycles. The van der Waals surface area contributed by atoms with E-state index in [9.17, 15) is 0 Å². The van der Waals surface area contributed by atoms with E-state index >= 15 is 0 Å². The van der Waals surface area contributed by atoms with Gasteiger partial charge in [0.2, 0.25) is 0 Å². The van der Waals surface area contributed by atoms with Crippen molar-refractivity contribution in [3.05, 3.63) is 0 Å². The lowest BCUT2D eigenvalue weighted by Gasteiger charge is -2.32. The lowest BCUT2D eigenvalue weighted by molar-refractivity contribution is 0.225. The van der Waals surface area contributed by atoms with Crippen LogP contribution in [-0.4, -0.2) is 12.1 Å². The van der Waals surface area contributed by atoms with Crippen molar-refractivity contribution < 1.29 is 0 Å². The Morgan fingerprint density at radius 3 is 1.18 bits per heavy atom. The fourth-order valence-electron chi connectivity index (χ4n) is 3.32. The Labute approximate surface area is 140 Å². The van der Waals surface area contributed by atoms with Crippen LogP contribution in [0.15, 0.2) is 0 Å². The molecule has 2 rings (SSSR count). The van der Waals surface area contributed by atoms with Crippen molar-refractivity contribution in [1.82, 2.24) is 0 Å². The highest BCUT2D eigenvalue weighted by Crippen LogP contribution is 2.34. The Hall–Kier alpha value is 1.38. The van der Waals surface area contributed by atoms with Crippen LogP contribution in [0.5, 0.6) is 0 Å². The number of hydrogen-bond donors (Lipinski definition) is 2. The highest BCUT2D eigenvalue weighted by Gasteiger charge is 2.24. The SMILES string of the molecule is I.I.NC1CCC(CC2CCC(N)CC2)CC1. The molecule has 0 bridgehead atoms. The number of nitrogens with two attached hydrogens (primary N) is 2. The first-order chi connectivity index (χ1) is 7.24. The van der Waals surface area contributed by atoms with E-state index in [0.717, 1.165) is 11.8 Å². The average Bonchev–Trinajstić information content (AvgIpc) is 2.25. The predicted molar refractivity (Wildman–Crippen MR) is 95.3 cm³/mol. The number of hydrogen-bond acceptors (Lipinski definition) is 2. The molecule has 17 heavy (non-hydrogen) atoms. The Balaban J connectivity index is 0.00000128. The third-order valence-electron chi connectivity index (χ3n) is 4.45. The van der Waals surface area contributed by atoms with Crippen LogP contribution in [0.4, 0.5) is 0 Å². The first kappa shape index (κ1) is 18.4. The molecule has 0 atom stereocenters. The second-order valence-electron chi connectivity index (χ2n) is 5.80. The van der Waals surface area contributed by atoms with E-state index in [4.69, 9.17) is 11.5 Å². The summed E-state index contributed by atoms with van der Waals surface area (Å²) in [7, 11) is 0. The molecular weight excluding hydrogens is 438 g/mol. The second kappa shape index (κ2) is 9.31. The molecule has 4 heteroatoms. The van der Waals surface area contributed by atoms with Gasteiger partial charge in [0.05, 0.1) is 0 Å². The highest BCUT2D eigenvalue weighted by molar-refractivity contribution is 14.0. The van der Waals surface area contributed by atoms with Crippen molar-refractivity contribution in [1.29, 1.82) is 0 Å². The Bertz CT molecular complexity index is 166.